The number of aromatic nitrogens is 4. The van der Waals surface area contributed by atoms with Crippen LogP contribution >= 0.6 is 15.9 Å². The number of nitrogens with zero attached hydrogens (tertiary/aromatic N) is 6. The van der Waals surface area contributed by atoms with E-state index in [1.807, 2.05) is 17.0 Å². The normalized spacial score (nSPS) is 20.4. The Morgan fingerprint density at radius 1 is 1.20 bits per heavy atom. The van der Waals surface area contributed by atoms with E-state index in [2.05, 4.69) is 31.0 Å². The van der Waals surface area contributed by atoms with Gasteiger partial charge in [0.2, 0.25) is 0 Å². The Morgan fingerprint density at radius 2 is 1.93 bits per heavy atom. The second-order valence-corrected chi connectivity index (χ2v) is 11.0. The summed E-state index contributed by atoms with van der Waals surface area (Å²) >= 11 is 3.66. The number of fused-ring (bicyclic) bond motifs is 3. The summed E-state index contributed by atoms with van der Waals surface area (Å²) in [6, 6.07) is 8.44. The van der Waals surface area contributed by atoms with Crippen molar-refractivity contribution < 1.29 is 13.9 Å². The molecule has 2 bridgehead atoms. The predicted molar refractivity (Wildman–Crippen MR) is 156 cm³/mol. The number of methoxy groups -OCH3 is 1. The first-order chi connectivity index (χ1) is 19.8. The van der Waals surface area contributed by atoms with Gasteiger partial charge in [-0.15, -0.1) is 0 Å². The van der Waals surface area contributed by atoms with Crippen molar-refractivity contribution in [3.05, 3.63) is 58.7 Å². The number of piperidine rings is 1. The summed E-state index contributed by atoms with van der Waals surface area (Å²) in [6.07, 6.45) is 7.35. The van der Waals surface area contributed by atoms with Crippen molar-refractivity contribution in [2.45, 2.75) is 43.7 Å². The number of aliphatic imine (C=N–C) groups is 1. The maximum absolute atomic E-state index is 14.2. The fourth-order valence-corrected chi connectivity index (χ4v) is 6.61. The Kier molecular flexibility index (Phi) is 6.89. The number of benzene rings is 1. The minimum atomic E-state index is -0.456. The second kappa shape index (κ2) is 10.5. The number of pyridine rings is 1. The molecule has 13 heteroatoms. The van der Waals surface area contributed by atoms with Crippen molar-refractivity contribution in [1.29, 1.82) is 5.41 Å². The van der Waals surface area contributed by atoms with Crippen molar-refractivity contribution >= 4 is 45.5 Å². The number of carbonyl (C=O) groups excluding carboxylic acids is 1. The van der Waals surface area contributed by atoms with Crippen LogP contribution in [-0.2, 0) is 4.79 Å². The van der Waals surface area contributed by atoms with Crippen LogP contribution in [0.3, 0.4) is 0 Å². The van der Waals surface area contributed by atoms with Crippen LogP contribution < -0.4 is 16.2 Å². The highest BCUT2D eigenvalue weighted by Gasteiger charge is 2.45. The van der Waals surface area contributed by atoms with Gasteiger partial charge >= 0.3 is 0 Å². The van der Waals surface area contributed by atoms with E-state index in [0.29, 0.717) is 40.0 Å². The van der Waals surface area contributed by atoms with Gasteiger partial charge in [-0.2, -0.15) is 9.61 Å². The molecule has 2 aliphatic heterocycles. The molecule has 2 aliphatic rings. The molecule has 5 heterocycles. The van der Waals surface area contributed by atoms with E-state index in [1.165, 1.54) is 13.2 Å². The number of hydrogen-bond donors (Lipinski definition) is 3. The number of ether oxygens (including phenoxy) is 1. The summed E-state index contributed by atoms with van der Waals surface area (Å²) in [7, 11) is 1.42. The van der Waals surface area contributed by atoms with Gasteiger partial charge < -0.3 is 21.1 Å². The van der Waals surface area contributed by atoms with Crippen molar-refractivity contribution in [2.24, 2.45) is 10.7 Å². The molecule has 0 spiro atoms. The number of amidine groups is 1. The van der Waals surface area contributed by atoms with Gasteiger partial charge in [0, 0.05) is 40.9 Å². The number of hydrogen-bond acceptors (Lipinski definition) is 7. The van der Waals surface area contributed by atoms with Crippen molar-refractivity contribution in [3.8, 4) is 28.1 Å². The van der Waals surface area contributed by atoms with Gasteiger partial charge in [-0.1, -0.05) is 6.07 Å². The Morgan fingerprint density at radius 3 is 2.56 bits per heavy atom. The average Bonchev–Trinajstić information content (AvgIpc) is 3.52. The minimum Gasteiger partial charge on any atom is -0.494 e. The van der Waals surface area contributed by atoms with Crippen LogP contribution in [-0.4, -0.2) is 61.8 Å². The van der Waals surface area contributed by atoms with Crippen LogP contribution in [0.5, 0.6) is 5.75 Å². The zero-order chi connectivity index (χ0) is 28.8. The van der Waals surface area contributed by atoms with Gasteiger partial charge in [0.25, 0.3) is 5.91 Å². The number of amides is 1. The lowest BCUT2D eigenvalue weighted by atomic mass is 9.87. The Labute approximate surface area is 243 Å². The van der Waals surface area contributed by atoms with Crippen molar-refractivity contribution in [2.75, 3.05) is 12.8 Å². The number of rotatable bonds is 5. The van der Waals surface area contributed by atoms with Crippen LogP contribution in [0.25, 0.3) is 28.0 Å². The van der Waals surface area contributed by atoms with Gasteiger partial charge in [-0.05, 0) is 65.9 Å². The van der Waals surface area contributed by atoms with Crippen molar-refractivity contribution in [1.82, 2.24) is 24.5 Å². The van der Waals surface area contributed by atoms with Gasteiger partial charge in [0.15, 0.2) is 23.0 Å². The number of halogens is 2. The third-order valence-corrected chi connectivity index (χ3v) is 8.76. The molecule has 1 aromatic carbocycles. The fraction of sp³-hybridized carbons (Fsp3) is 0.286. The zero-order valence-corrected chi connectivity index (χ0v) is 23.7. The molecule has 41 heavy (non-hydrogen) atoms. The zero-order valence-electron chi connectivity index (χ0n) is 22.1. The molecule has 3 aromatic heterocycles. The highest BCUT2D eigenvalue weighted by molar-refractivity contribution is 9.10. The smallest absolute Gasteiger partial charge is 0.289 e. The molecular formula is C28H27BrFN9O2. The molecular weight excluding hydrogens is 593 g/mol. The summed E-state index contributed by atoms with van der Waals surface area (Å²) in [5, 5.41) is 11.6. The summed E-state index contributed by atoms with van der Waals surface area (Å²) in [6.45, 7) is 0. The van der Waals surface area contributed by atoms with Crippen LogP contribution in [0.1, 0.15) is 37.3 Å². The molecule has 1 amide bonds. The number of nitrogens with two attached hydrogens (primary N) is 2. The maximum atomic E-state index is 14.2. The van der Waals surface area contributed by atoms with Gasteiger partial charge in [-0.25, -0.2) is 14.4 Å². The van der Waals surface area contributed by atoms with Crippen LogP contribution in [0.2, 0.25) is 0 Å². The lowest BCUT2D eigenvalue weighted by Gasteiger charge is -2.38. The third kappa shape index (κ3) is 4.59. The van der Waals surface area contributed by atoms with E-state index >= 15 is 0 Å². The molecule has 0 saturated carbocycles. The van der Waals surface area contributed by atoms with Gasteiger partial charge in [0.1, 0.15) is 12.2 Å². The maximum Gasteiger partial charge on any atom is 0.289 e. The first kappa shape index (κ1) is 26.8. The van der Waals surface area contributed by atoms with E-state index in [0.717, 1.165) is 36.0 Å². The number of nitrogen functional groups attached to an aromatic ring is 1. The third-order valence-electron chi connectivity index (χ3n) is 7.95. The summed E-state index contributed by atoms with van der Waals surface area (Å²) < 4.78 is 21.5. The van der Waals surface area contributed by atoms with Gasteiger partial charge in [0.05, 0.1) is 29.2 Å². The molecule has 2 unspecified atom stereocenters. The SMILES string of the molecule is COc1ccc(-c2ccc(-c3cnn4c(N)c(Br)c(C5CC6CCC(C5)N6C(=O)C(N)=NC=N)nc34)cn2)cc1F. The van der Waals surface area contributed by atoms with E-state index in [1.54, 1.807) is 29.0 Å². The summed E-state index contributed by atoms with van der Waals surface area (Å²) in [5.41, 5.74) is 16.6. The molecule has 2 atom stereocenters. The van der Waals surface area contributed by atoms with Crippen LogP contribution in [0.4, 0.5) is 10.2 Å². The monoisotopic (exact) mass is 619 g/mol. The average molecular weight is 620 g/mol. The molecule has 2 saturated heterocycles. The van der Waals surface area contributed by atoms with Crippen LogP contribution in [0, 0.1) is 11.2 Å². The molecule has 0 aliphatic carbocycles. The topological polar surface area (TPSA) is 161 Å². The molecule has 2 fully saturated rings. The number of anilines is 1. The summed E-state index contributed by atoms with van der Waals surface area (Å²) in [4.78, 5) is 28.0. The number of nitrogens with one attached hydrogen (secondary N) is 1. The highest BCUT2D eigenvalue weighted by atomic mass is 79.9. The Bertz CT molecular complexity index is 1690. The summed E-state index contributed by atoms with van der Waals surface area (Å²) in [5.74, 6) is -0.278. The molecule has 0 radical (unpaired) electrons. The largest absolute Gasteiger partial charge is 0.494 e. The predicted octanol–water partition coefficient (Wildman–Crippen LogP) is 4.15. The first-order valence-electron chi connectivity index (χ1n) is 13.1. The molecule has 210 valence electrons. The van der Waals surface area contributed by atoms with Crippen LogP contribution in [0.15, 0.2) is 52.2 Å². The Hall–Kier alpha value is -4.39. The molecule has 11 nitrogen and oxygen atoms in total. The number of carbonyl (C=O) groups is 1. The van der Waals surface area contributed by atoms with E-state index in [-0.39, 0.29) is 35.5 Å². The fourth-order valence-electron chi connectivity index (χ4n) is 6.03. The lowest BCUT2D eigenvalue weighted by molar-refractivity contribution is -0.128. The van der Waals surface area contributed by atoms with E-state index in [9.17, 15) is 9.18 Å². The molecule has 5 N–H and O–H groups in total. The van der Waals surface area contributed by atoms with Crippen molar-refractivity contribution in [3.63, 3.8) is 0 Å². The van der Waals surface area contributed by atoms with E-state index in [4.69, 9.17) is 26.6 Å². The molecule has 6 rings (SSSR count). The minimum absolute atomic E-state index is 0.000742. The second-order valence-electron chi connectivity index (χ2n) is 10.2. The lowest BCUT2D eigenvalue weighted by Crippen LogP contribution is -2.50. The highest BCUT2D eigenvalue weighted by Crippen LogP contribution is 2.45. The molecule has 4 aromatic rings. The quantitative estimate of drug-likeness (QED) is 0.223. The van der Waals surface area contributed by atoms with E-state index < -0.39 is 5.82 Å². The Balaban J connectivity index is 1.31. The standard InChI is InChI=1S/C28H27BrFN9O2/c1-41-22-7-3-14(10-20(22)30)21-6-2-15(11-34-21)19-12-36-39-26(33)23(29)24(37-27(19)39)16-8-17-4-5-18(9-16)38(17)28(40)25(32)35-13-31/h2-3,6-7,10-13,16-18H,4-5,8-9,33H2,1H3,(H3,31,32,35). The first-order valence-corrected chi connectivity index (χ1v) is 13.9. The van der Waals surface area contributed by atoms with Gasteiger partial charge in [-0.3, -0.25) is 15.2 Å².